The summed E-state index contributed by atoms with van der Waals surface area (Å²) in [7, 11) is -9.91. The van der Waals surface area contributed by atoms with E-state index in [1.54, 1.807) is 27.7 Å². The highest BCUT2D eigenvalue weighted by molar-refractivity contribution is 9.10. The SMILES string of the molecule is C#CC(C)(C)O.COc1cc(Br)c(F)cc1-n1c(=O)ccc2cc(S(=O)(=O)Nc3ccon3)ccc21.COc1cc(C#CC(C)(C)O)c(F)cc1-n1c(=O)ccc2cc(S(=O)(=O)Nc3ccon3)ccc21.COc1cc(C#CC(C)(C)OC)c(F)cc1-n1c(=O)ccc2cc(S(=O)(=O)Nc3ccon3)ccc21.CS(=O)(=O)O.P.P.P. The van der Waals surface area contributed by atoms with Crippen molar-refractivity contribution in [3.05, 3.63) is 228 Å². The van der Waals surface area contributed by atoms with Crippen LogP contribution < -0.4 is 45.1 Å². The topological polar surface area (TPSA) is 414 Å². The van der Waals surface area contributed by atoms with Gasteiger partial charge in [-0.1, -0.05) is 45.1 Å². The van der Waals surface area contributed by atoms with Crippen molar-refractivity contribution < 1.29 is 94.1 Å². The van der Waals surface area contributed by atoms with Gasteiger partial charge in [0, 0.05) is 90.0 Å². The molecule has 41 heteroatoms. The molecule has 0 saturated heterocycles. The number of rotatable bonds is 16. The Labute approximate surface area is 675 Å². The molecule has 3 atom stereocenters. The van der Waals surface area contributed by atoms with Gasteiger partial charge in [-0.3, -0.25) is 46.8 Å². The van der Waals surface area contributed by atoms with Crippen LogP contribution in [0.4, 0.5) is 30.6 Å². The molecule has 0 aliphatic heterocycles. The quantitative estimate of drug-likeness (QED) is 0.0297. The minimum atomic E-state index is -3.99. The van der Waals surface area contributed by atoms with E-state index in [-0.39, 0.29) is 112 Å². The first kappa shape index (κ1) is 94.9. The molecule has 0 saturated carbocycles. The fourth-order valence-corrected chi connectivity index (χ4v) is 13.0. The van der Waals surface area contributed by atoms with Crippen LogP contribution in [0.15, 0.2) is 211 Å². The van der Waals surface area contributed by atoms with Crippen molar-refractivity contribution in [2.24, 2.45) is 0 Å². The molecule has 0 radical (unpaired) electrons. The van der Waals surface area contributed by atoms with Gasteiger partial charge in [0.15, 0.2) is 17.5 Å². The summed E-state index contributed by atoms with van der Waals surface area (Å²) < 4.78 is 192. The van der Waals surface area contributed by atoms with Crippen molar-refractivity contribution in [3.63, 3.8) is 0 Å². The first-order valence-corrected chi connectivity index (χ1v) is 39.0. The maximum Gasteiger partial charge on any atom is 0.263 e. The Morgan fingerprint density at radius 1 is 0.461 bits per heavy atom. The molecule has 3 unspecified atom stereocenters. The lowest BCUT2D eigenvalue weighted by molar-refractivity contribution is 0.0741. The summed E-state index contributed by atoms with van der Waals surface area (Å²) in [5.41, 5.74) is -2.90. The number of terminal acetylenes is 1. The van der Waals surface area contributed by atoms with Crippen LogP contribution in [-0.2, 0) is 44.9 Å². The van der Waals surface area contributed by atoms with E-state index in [0.717, 1.165) is 12.1 Å². The highest BCUT2D eigenvalue weighted by Crippen LogP contribution is 2.34. The Balaban J connectivity index is 0.000000285. The Morgan fingerprint density at radius 3 is 1.03 bits per heavy atom. The van der Waals surface area contributed by atoms with E-state index in [2.05, 4.69) is 88.7 Å². The summed E-state index contributed by atoms with van der Waals surface area (Å²) in [6.07, 6.45) is 9.22. The molecule has 12 rings (SSSR count). The Bertz CT molecular complexity index is 6390. The molecule has 610 valence electrons. The third kappa shape index (κ3) is 25.1. The van der Waals surface area contributed by atoms with Crippen molar-refractivity contribution in [1.29, 1.82) is 0 Å². The van der Waals surface area contributed by atoms with E-state index in [1.165, 1.54) is 208 Å². The fourth-order valence-electron chi connectivity index (χ4n) is 9.60. The molecule has 6 heterocycles. The molecule has 6 aromatic heterocycles. The normalized spacial score (nSPS) is 11.3. The molecule has 6 N–H and O–H groups in total. The number of methoxy groups -OCH3 is 4. The van der Waals surface area contributed by atoms with Crippen LogP contribution in [0.5, 0.6) is 17.2 Å². The highest BCUT2D eigenvalue weighted by Gasteiger charge is 2.25. The van der Waals surface area contributed by atoms with Gasteiger partial charge in [0.05, 0.1) is 91.5 Å². The molecule has 0 amide bonds. The molecule has 30 nitrogen and oxygen atoms in total. The molecule has 0 spiro atoms. The van der Waals surface area contributed by atoms with Gasteiger partial charge in [0.2, 0.25) is 0 Å². The monoisotopic (exact) mass is 1780 g/mol. The first-order chi connectivity index (χ1) is 52.4. The number of aromatic nitrogens is 6. The summed E-state index contributed by atoms with van der Waals surface area (Å²) in [6.45, 7) is 9.55. The number of aliphatic hydroxyl groups is 2. The van der Waals surface area contributed by atoms with Crippen LogP contribution in [0.3, 0.4) is 0 Å². The summed E-state index contributed by atoms with van der Waals surface area (Å²) >= 11 is 3.09. The maximum absolute atomic E-state index is 15.0. The van der Waals surface area contributed by atoms with Gasteiger partial charge in [-0.15, -0.1) is 6.42 Å². The van der Waals surface area contributed by atoms with E-state index in [1.807, 2.05) is 0 Å². The van der Waals surface area contributed by atoms with E-state index in [0.29, 0.717) is 39.0 Å². The van der Waals surface area contributed by atoms with Gasteiger partial charge in [-0.2, -0.15) is 38.1 Å². The van der Waals surface area contributed by atoms with Crippen LogP contribution >= 0.6 is 45.6 Å². The van der Waals surface area contributed by atoms with Crippen molar-refractivity contribution in [2.45, 2.75) is 73.0 Å². The molecule has 6 aromatic carbocycles. The number of nitrogens with one attached hydrogen (secondary N) is 3. The first-order valence-electron chi connectivity index (χ1n) is 31.9. The van der Waals surface area contributed by atoms with Gasteiger partial charge < -0.3 is 42.7 Å². The minimum Gasteiger partial charge on any atom is -0.495 e. The highest BCUT2D eigenvalue weighted by atomic mass is 79.9. The summed E-state index contributed by atoms with van der Waals surface area (Å²) in [5.74, 6) is 11.6. The number of ether oxygens (including phenoxy) is 4. The number of hydrogen-bond acceptors (Lipinski definition) is 23. The number of pyridine rings is 3. The number of hydrogen-bond donors (Lipinski definition) is 6. The summed E-state index contributed by atoms with van der Waals surface area (Å²) in [5, 5.41) is 30.3. The zero-order valence-corrected chi connectivity index (χ0v) is 71.9. The second-order valence-electron chi connectivity index (χ2n) is 24.8. The average Bonchev–Trinajstić information content (AvgIpc) is 1.59. The van der Waals surface area contributed by atoms with Crippen molar-refractivity contribution in [2.75, 3.05) is 48.9 Å². The van der Waals surface area contributed by atoms with E-state index in [9.17, 15) is 61.9 Å². The summed E-state index contributed by atoms with van der Waals surface area (Å²) in [4.78, 5) is 38.1. The van der Waals surface area contributed by atoms with Crippen molar-refractivity contribution >= 4 is 136 Å². The van der Waals surface area contributed by atoms with Crippen LogP contribution in [0.1, 0.15) is 52.7 Å². The lowest BCUT2D eigenvalue weighted by Crippen LogP contribution is -2.19. The molecule has 0 fully saturated rings. The number of fused-ring (bicyclic) bond motifs is 3. The third-order valence-corrected chi connectivity index (χ3v) is 19.6. The zero-order valence-electron chi connectivity index (χ0n) is 62.8. The predicted octanol–water partition coefficient (Wildman–Crippen LogP) is 10.5. The average molecular weight is 1790 g/mol. The fraction of sp³-hybridized carbons (Fsp3) is 0.189. The molecule has 0 bridgehead atoms. The van der Waals surface area contributed by atoms with Gasteiger partial charge in [-0.05, 0) is 136 Å². The number of benzene rings is 6. The van der Waals surface area contributed by atoms with Crippen LogP contribution in [0, 0.1) is 53.5 Å². The Kier molecular flexibility index (Phi) is 32.2. The summed E-state index contributed by atoms with van der Waals surface area (Å²) in [6, 6.07) is 32.4. The molecule has 12 aromatic rings. The second-order valence-corrected chi connectivity index (χ2v) is 32.2. The smallest absolute Gasteiger partial charge is 0.263 e. The minimum absolute atomic E-state index is 0. The predicted molar refractivity (Wildman–Crippen MR) is 445 cm³/mol. The number of sulfonamides is 3. The third-order valence-electron chi connectivity index (χ3n) is 14.9. The van der Waals surface area contributed by atoms with Gasteiger partial charge in [0.1, 0.15) is 70.3 Å². The largest absolute Gasteiger partial charge is 0.495 e. The van der Waals surface area contributed by atoms with E-state index in [4.69, 9.17) is 35.0 Å². The van der Waals surface area contributed by atoms with Crippen LogP contribution in [0.25, 0.3) is 49.8 Å². The van der Waals surface area contributed by atoms with Gasteiger partial charge in [0.25, 0.3) is 56.9 Å². The van der Waals surface area contributed by atoms with Gasteiger partial charge in [-0.25, -0.2) is 38.4 Å². The van der Waals surface area contributed by atoms with E-state index < -0.39 is 91.1 Å². The number of halogens is 4. The lowest BCUT2D eigenvalue weighted by Gasteiger charge is -2.16. The molecule has 0 aliphatic carbocycles. The molecular formula is C74H76BrF3N9O21P3S4. The Hall–Kier alpha value is -10.7. The standard InChI is InChI=1S/C25H22FN3O6S.C24H20FN3O6S.C19H13BrFN3O5S.C5H8O.CH4O3S.3H3P/c1-25(2,34-4)11-9-16-14-22(33-3)21(15-19(16)26)29-20-7-6-18(13-17(20)5-8-24(29)30)36(31,32)28-23-10-12-35-27-23;1-24(2,30)10-8-15-13-21(33-3)20(14-18(15)25)28-19-6-5-17(12-16(19)4-7-23(28)29)35(31,32)27-22-9-11-34-26-22;1-28-17-9-13(20)14(21)10-16(17)24-15-4-3-12(8-11(15)2-5-19(24)25)30(26,27)23-18-6-7-29-22-18;1-4-5(2,3)6;1-5(2,3)4;;;/h5-8,10,12-15H,1-4H3,(H,27,28);4-7,9,11-14,30H,1-3H3,(H,26,27);2-10H,1H3,(H,22,23);1,6H,2-3H3;1H3,(H,2,3,4);3*1H3. The number of anilines is 3. The van der Waals surface area contributed by atoms with Crippen molar-refractivity contribution in [3.8, 4) is 70.3 Å². The zero-order chi connectivity index (χ0) is 82.6. The molecule has 0 aliphatic rings. The maximum atomic E-state index is 15.0. The Morgan fingerprint density at radius 2 is 0.757 bits per heavy atom. The van der Waals surface area contributed by atoms with Crippen LogP contribution in [0.2, 0.25) is 0 Å². The van der Waals surface area contributed by atoms with Crippen LogP contribution in [-0.4, -0.2) is 129 Å². The lowest BCUT2D eigenvalue weighted by atomic mass is 10.1. The second kappa shape index (κ2) is 39.1. The van der Waals surface area contributed by atoms with Gasteiger partial charge >= 0.3 is 0 Å². The molecule has 115 heavy (non-hydrogen) atoms. The van der Waals surface area contributed by atoms with E-state index >= 15 is 4.39 Å². The van der Waals surface area contributed by atoms with Crippen molar-refractivity contribution in [1.82, 2.24) is 29.2 Å². The number of nitrogens with zero attached hydrogens (tertiary/aromatic N) is 6. The molecular weight excluding hydrogens is 1710 g/mol.